The molecule has 1 aliphatic carbocycles. The fourth-order valence-corrected chi connectivity index (χ4v) is 4.99. The van der Waals surface area contributed by atoms with Gasteiger partial charge in [-0.05, 0) is 55.9 Å². The van der Waals surface area contributed by atoms with Gasteiger partial charge < -0.3 is 14.6 Å². The predicted molar refractivity (Wildman–Crippen MR) is 133 cm³/mol. The second kappa shape index (κ2) is 14.0. The highest BCUT2D eigenvalue weighted by Crippen LogP contribution is 2.34. The Labute approximate surface area is 199 Å². The number of sulfone groups is 1. The van der Waals surface area contributed by atoms with E-state index in [0.717, 1.165) is 46.8 Å². The Kier molecular flexibility index (Phi) is 12.6. The number of aliphatic hydroxyl groups is 1. The van der Waals surface area contributed by atoms with Crippen molar-refractivity contribution in [2.75, 3.05) is 19.1 Å². The van der Waals surface area contributed by atoms with Crippen molar-refractivity contribution >= 4 is 21.4 Å². The molecule has 1 fully saturated rings. The first kappa shape index (κ1) is 28.7. The van der Waals surface area contributed by atoms with Crippen LogP contribution in [0.2, 0.25) is 0 Å². The molecule has 2 aliphatic rings. The zero-order valence-electron chi connectivity index (χ0n) is 20.1. The van der Waals surface area contributed by atoms with E-state index in [0.29, 0.717) is 19.3 Å². The van der Waals surface area contributed by atoms with Gasteiger partial charge in [-0.1, -0.05) is 49.8 Å². The lowest BCUT2D eigenvalue weighted by Gasteiger charge is -2.34. The molecule has 0 saturated carbocycles. The van der Waals surface area contributed by atoms with E-state index >= 15 is 0 Å². The van der Waals surface area contributed by atoms with Gasteiger partial charge in [-0.3, -0.25) is 0 Å². The highest BCUT2D eigenvalue weighted by atomic mass is 35.5. The average Bonchev–Trinajstić information content (AvgIpc) is 2.90. The van der Waals surface area contributed by atoms with Crippen molar-refractivity contribution in [2.45, 2.75) is 77.6 Å². The number of hydrogen-bond acceptors (Lipinski definition) is 5. The van der Waals surface area contributed by atoms with E-state index in [1.165, 1.54) is 6.26 Å². The third-order valence-electron chi connectivity index (χ3n) is 5.27. The Morgan fingerprint density at radius 2 is 2.00 bits per heavy atom. The molecule has 0 spiro atoms. The second-order valence-corrected chi connectivity index (χ2v) is 10.7. The highest BCUT2D eigenvalue weighted by molar-refractivity contribution is 7.90. The maximum Gasteiger partial charge on any atom is 0.150 e. The molecule has 0 aromatic heterocycles. The van der Waals surface area contributed by atoms with Crippen LogP contribution in [0.3, 0.4) is 0 Å². The van der Waals surface area contributed by atoms with Gasteiger partial charge in [0.1, 0.15) is 15.6 Å². The normalized spacial score (nSPS) is 25.0. The van der Waals surface area contributed by atoms with Crippen molar-refractivity contribution in [3.05, 3.63) is 58.4 Å². The molecule has 182 valence electrons. The maximum absolute atomic E-state index is 11.7. The molecule has 1 N–H and O–H groups in total. The first-order valence-corrected chi connectivity index (χ1v) is 13.7. The van der Waals surface area contributed by atoms with Gasteiger partial charge in [-0.2, -0.15) is 0 Å². The van der Waals surface area contributed by atoms with Crippen LogP contribution < -0.4 is 0 Å². The molecule has 1 aliphatic heterocycles. The maximum atomic E-state index is 11.7. The summed E-state index contributed by atoms with van der Waals surface area (Å²) in [5.74, 6) is 0.681. The van der Waals surface area contributed by atoms with Crippen LogP contribution in [-0.2, 0) is 19.3 Å². The monoisotopic (exact) mass is 486 g/mol. The van der Waals surface area contributed by atoms with Gasteiger partial charge in [-0.15, -0.1) is 0 Å². The summed E-state index contributed by atoms with van der Waals surface area (Å²) in [6.45, 7) is 10.0. The molecule has 1 heterocycles. The van der Waals surface area contributed by atoms with Crippen LogP contribution in [-0.4, -0.2) is 51.0 Å². The van der Waals surface area contributed by atoms with E-state index in [-0.39, 0.29) is 11.9 Å². The van der Waals surface area contributed by atoms with Crippen LogP contribution in [0.1, 0.15) is 59.3 Å². The molecule has 0 aromatic rings. The third kappa shape index (κ3) is 10.1. The number of aliphatic hydroxyl groups excluding tert-OH is 1. The molecule has 0 aromatic carbocycles. The number of methoxy groups -OCH3 is 1. The Balaban J connectivity index is 0.00000249. The summed E-state index contributed by atoms with van der Waals surface area (Å²) in [4.78, 5) is 0. The van der Waals surface area contributed by atoms with Crippen LogP contribution in [0.4, 0.5) is 0 Å². The molecule has 1 saturated heterocycles. The summed E-state index contributed by atoms with van der Waals surface area (Å²) in [5, 5.41) is 11.1. The first-order chi connectivity index (χ1) is 15.1. The van der Waals surface area contributed by atoms with Gasteiger partial charge in [-0.25, -0.2) is 8.42 Å². The Morgan fingerprint density at radius 1 is 1.31 bits per heavy atom. The molecule has 32 heavy (non-hydrogen) atoms. The number of allylic oxidation sites excluding steroid dienone is 7. The standard InChI is InChI=1S/C23H33ClO5S.C2H6/c1-5-20(28-3)10-9-16(2)11-18-12-17(7-6-8-22(18)24)23-14-19(25)13-21(29-23)15-30(4,26)27;1-2/h5,9-10,12,19,21,23,25H,2,6-8,11,13-15H2,1,3-4H3;1-2H3/b10-9-,20-5+;. The molecule has 2 rings (SSSR count). The largest absolute Gasteiger partial charge is 0.497 e. The fourth-order valence-electron chi connectivity index (χ4n) is 3.84. The quantitative estimate of drug-likeness (QED) is 0.356. The van der Waals surface area contributed by atoms with Gasteiger partial charge in [0.25, 0.3) is 0 Å². The minimum atomic E-state index is -3.18. The minimum absolute atomic E-state index is 0.0777. The Morgan fingerprint density at radius 3 is 2.59 bits per heavy atom. The molecule has 3 atom stereocenters. The summed E-state index contributed by atoms with van der Waals surface area (Å²) in [7, 11) is -1.56. The number of halogens is 1. The zero-order valence-corrected chi connectivity index (χ0v) is 21.6. The van der Waals surface area contributed by atoms with E-state index in [1.807, 2.05) is 39.0 Å². The molecule has 5 nitrogen and oxygen atoms in total. The van der Waals surface area contributed by atoms with Crippen LogP contribution >= 0.6 is 11.6 Å². The second-order valence-electron chi connectivity index (χ2n) is 8.03. The van der Waals surface area contributed by atoms with E-state index in [2.05, 4.69) is 12.7 Å². The van der Waals surface area contributed by atoms with Gasteiger partial charge in [0.05, 0.1) is 31.2 Å². The van der Waals surface area contributed by atoms with E-state index in [1.54, 1.807) is 7.11 Å². The smallest absolute Gasteiger partial charge is 0.150 e. The molecule has 3 unspecified atom stereocenters. The zero-order chi connectivity index (χ0) is 24.3. The summed E-state index contributed by atoms with van der Waals surface area (Å²) >= 11 is 6.56. The van der Waals surface area contributed by atoms with Crippen LogP contribution in [0.5, 0.6) is 0 Å². The summed E-state index contributed by atoms with van der Waals surface area (Å²) < 4.78 is 34.7. The van der Waals surface area contributed by atoms with Crippen molar-refractivity contribution in [3.63, 3.8) is 0 Å². The van der Waals surface area contributed by atoms with Crippen LogP contribution in [0.25, 0.3) is 0 Å². The van der Waals surface area contributed by atoms with E-state index in [4.69, 9.17) is 21.1 Å². The van der Waals surface area contributed by atoms with Crippen molar-refractivity contribution in [1.82, 2.24) is 0 Å². The molecule has 0 bridgehead atoms. The topological polar surface area (TPSA) is 72.8 Å². The number of rotatable bonds is 8. The van der Waals surface area contributed by atoms with E-state index < -0.39 is 22.0 Å². The SMILES string of the molecule is C=C(/C=C\C(=C/C)OC)CC1=C(Cl)CCCC(C2CC(O)CC(CS(C)(=O)=O)O2)=C1.CC. The molecule has 0 radical (unpaired) electrons. The van der Waals surface area contributed by atoms with Gasteiger partial charge in [0, 0.05) is 24.1 Å². The first-order valence-electron chi connectivity index (χ1n) is 11.3. The highest BCUT2D eigenvalue weighted by Gasteiger charge is 2.32. The lowest BCUT2D eigenvalue weighted by molar-refractivity contribution is -0.0713. The van der Waals surface area contributed by atoms with Gasteiger partial charge in [0.15, 0.2) is 0 Å². The average molecular weight is 487 g/mol. The van der Waals surface area contributed by atoms with Gasteiger partial charge >= 0.3 is 0 Å². The van der Waals surface area contributed by atoms with E-state index in [9.17, 15) is 13.5 Å². The van der Waals surface area contributed by atoms with Crippen molar-refractivity contribution in [1.29, 1.82) is 0 Å². The molecular weight excluding hydrogens is 448 g/mol. The Bertz CT molecular complexity index is 852. The summed E-state index contributed by atoms with van der Waals surface area (Å²) in [5.41, 5.74) is 2.94. The van der Waals surface area contributed by atoms with Crippen LogP contribution in [0, 0.1) is 0 Å². The number of ether oxygens (including phenoxy) is 2. The van der Waals surface area contributed by atoms with Crippen LogP contribution in [0.15, 0.2) is 58.4 Å². The molecular formula is C25H39ClO5S. The minimum Gasteiger partial charge on any atom is -0.497 e. The van der Waals surface area contributed by atoms with Gasteiger partial charge in [0.2, 0.25) is 0 Å². The lowest BCUT2D eigenvalue weighted by Crippen LogP contribution is -2.40. The number of hydrogen-bond donors (Lipinski definition) is 1. The third-order valence-corrected chi connectivity index (χ3v) is 6.68. The summed E-state index contributed by atoms with van der Waals surface area (Å²) in [6, 6.07) is 0. The van der Waals surface area contributed by atoms with Crippen molar-refractivity contribution in [2.24, 2.45) is 0 Å². The Hall–Kier alpha value is -1.34. The lowest BCUT2D eigenvalue weighted by atomic mass is 9.92. The summed E-state index contributed by atoms with van der Waals surface area (Å²) in [6.07, 6.45) is 11.4. The predicted octanol–water partition coefficient (Wildman–Crippen LogP) is 5.62. The molecule has 7 heteroatoms. The molecule has 0 amide bonds. The van der Waals surface area contributed by atoms with Crippen molar-refractivity contribution in [3.8, 4) is 0 Å². The van der Waals surface area contributed by atoms with Crippen molar-refractivity contribution < 1.29 is 23.0 Å². The fraction of sp³-hybridized carbons (Fsp3) is 0.600.